The van der Waals surface area contributed by atoms with Crippen molar-refractivity contribution in [2.24, 2.45) is 5.92 Å². The van der Waals surface area contributed by atoms with Crippen LogP contribution in [0.5, 0.6) is 0 Å². The highest BCUT2D eigenvalue weighted by Gasteiger charge is 2.14. The molecule has 11 heavy (non-hydrogen) atoms. The zero-order chi connectivity index (χ0) is 8.85. The Morgan fingerprint density at radius 1 is 1.18 bits per heavy atom. The molecule has 0 aromatic carbocycles. The number of alkyl halides is 3. The van der Waals surface area contributed by atoms with Gasteiger partial charge < -0.3 is 0 Å². The molecule has 68 valence electrons. The normalized spacial score (nSPS) is 19.4. The first-order valence-electron chi connectivity index (χ1n) is 3.92. The molecule has 3 unspecified atom stereocenters. The van der Waals surface area contributed by atoms with Gasteiger partial charge in [-0.05, 0) is 18.8 Å². The first-order valence-corrected chi connectivity index (χ1v) is 6.87. The standard InChI is InChI=1S/C8H15Br3/c1-6(5-7(2)10)8(11)3-4-9/h6-8H,3-5H2,1-2H3. The van der Waals surface area contributed by atoms with Crippen molar-refractivity contribution in [2.45, 2.75) is 36.3 Å². The summed E-state index contributed by atoms with van der Waals surface area (Å²) in [4.78, 5) is 1.29. The molecular weight excluding hydrogens is 336 g/mol. The predicted octanol–water partition coefficient (Wildman–Crippen LogP) is 4.34. The SMILES string of the molecule is CC(Br)CC(C)C(Br)CCBr. The second-order valence-corrected chi connectivity index (χ2v) is 6.52. The van der Waals surface area contributed by atoms with Crippen molar-refractivity contribution in [3.05, 3.63) is 0 Å². The van der Waals surface area contributed by atoms with E-state index in [0.29, 0.717) is 9.65 Å². The van der Waals surface area contributed by atoms with E-state index in [0.717, 1.165) is 11.2 Å². The van der Waals surface area contributed by atoms with E-state index in [1.807, 2.05) is 0 Å². The summed E-state index contributed by atoms with van der Waals surface area (Å²) in [6, 6.07) is 0. The van der Waals surface area contributed by atoms with Crippen LogP contribution in [0.2, 0.25) is 0 Å². The van der Waals surface area contributed by atoms with Crippen molar-refractivity contribution in [1.29, 1.82) is 0 Å². The molecular formula is C8H15Br3. The third-order valence-corrected chi connectivity index (χ3v) is 3.89. The summed E-state index contributed by atoms with van der Waals surface area (Å²) in [6.45, 7) is 4.49. The Hall–Kier alpha value is 1.44. The number of rotatable bonds is 5. The molecule has 0 saturated heterocycles. The van der Waals surface area contributed by atoms with Gasteiger partial charge in [0, 0.05) is 15.0 Å². The van der Waals surface area contributed by atoms with Crippen LogP contribution in [0.4, 0.5) is 0 Å². The summed E-state index contributed by atoms with van der Waals surface area (Å²) in [6.07, 6.45) is 2.45. The lowest BCUT2D eigenvalue weighted by molar-refractivity contribution is 0.511. The van der Waals surface area contributed by atoms with Crippen molar-refractivity contribution < 1.29 is 0 Å². The predicted molar refractivity (Wildman–Crippen MR) is 63.3 cm³/mol. The van der Waals surface area contributed by atoms with Crippen LogP contribution in [0.1, 0.15) is 26.7 Å². The molecule has 0 saturated carbocycles. The van der Waals surface area contributed by atoms with Gasteiger partial charge in [-0.3, -0.25) is 0 Å². The summed E-state index contributed by atoms with van der Waals surface area (Å²) < 4.78 is 0. The van der Waals surface area contributed by atoms with E-state index in [4.69, 9.17) is 0 Å². The molecule has 0 radical (unpaired) electrons. The average molecular weight is 351 g/mol. The van der Waals surface area contributed by atoms with Crippen molar-refractivity contribution in [2.75, 3.05) is 5.33 Å². The van der Waals surface area contributed by atoms with Crippen molar-refractivity contribution in [3.63, 3.8) is 0 Å². The monoisotopic (exact) mass is 348 g/mol. The van der Waals surface area contributed by atoms with Crippen LogP contribution in [0, 0.1) is 5.92 Å². The number of hydrogen-bond acceptors (Lipinski definition) is 0. The molecule has 3 heteroatoms. The van der Waals surface area contributed by atoms with Gasteiger partial charge in [-0.1, -0.05) is 61.6 Å². The fraction of sp³-hybridized carbons (Fsp3) is 1.00. The Kier molecular flexibility index (Phi) is 7.81. The van der Waals surface area contributed by atoms with E-state index in [1.54, 1.807) is 0 Å². The molecule has 0 fully saturated rings. The van der Waals surface area contributed by atoms with E-state index < -0.39 is 0 Å². The Balaban J connectivity index is 3.54. The van der Waals surface area contributed by atoms with E-state index in [2.05, 4.69) is 61.6 Å². The molecule has 3 atom stereocenters. The molecule has 0 spiro atoms. The molecule has 0 aliphatic carbocycles. The van der Waals surface area contributed by atoms with Gasteiger partial charge in [-0.2, -0.15) is 0 Å². The third-order valence-electron chi connectivity index (χ3n) is 1.70. The zero-order valence-electron chi connectivity index (χ0n) is 6.99. The lowest BCUT2D eigenvalue weighted by Gasteiger charge is -2.18. The molecule has 0 amide bonds. The van der Waals surface area contributed by atoms with E-state index in [9.17, 15) is 0 Å². The van der Waals surface area contributed by atoms with Crippen LogP contribution in [-0.4, -0.2) is 15.0 Å². The van der Waals surface area contributed by atoms with Crippen molar-refractivity contribution in [1.82, 2.24) is 0 Å². The van der Waals surface area contributed by atoms with Crippen LogP contribution in [0.25, 0.3) is 0 Å². The highest BCUT2D eigenvalue weighted by atomic mass is 79.9. The third kappa shape index (κ3) is 6.59. The molecule has 0 heterocycles. The maximum absolute atomic E-state index is 3.68. The fourth-order valence-electron chi connectivity index (χ4n) is 1.05. The maximum atomic E-state index is 3.68. The van der Waals surface area contributed by atoms with E-state index in [1.165, 1.54) is 12.8 Å². The fourth-order valence-corrected chi connectivity index (χ4v) is 3.19. The van der Waals surface area contributed by atoms with Crippen LogP contribution in [0.15, 0.2) is 0 Å². The Labute approximate surface area is 94.9 Å². The molecule has 0 rings (SSSR count). The van der Waals surface area contributed by atoms with Crippen LogP contribution < -0.4 is 0 Å². The Morgan fingerprint density at radius 2 is 1.73 bits per heavy atom. The van der Waals surface area contributed by atoms with E-state index >= 15 is 0 Å². The Morgan fingerprint density at radius 3 is 2.09 bits per heavy atom. The molecule has 0 nitrogen and oxygen atoms in total. The minimum absolute atomic E-state index is 0.632. The van der Waals surface area contributed by atoms with Gasteiger partial charge in [-0.15, -0.1) is 0 Å². The first-order chi connectivity index (χ1) is 5.07. The largest absolute Gasteiger partial charge is 0.0928 e. The van der Waals surface area contributed by atoms with Crippen molar-refractivity contribution >= 4 is 47.8 Å². The van der Waals surface area contributed by atoms with Gasteiger partial charge in [0.1, 0.15) is 0 Å². The van der Waals surface area contributed by atoms with Crippen molar-refractivity contribution in [3.8, 4) is 0 Å². The summed E-state index contributed by atoms with van der Waals surface area (Å²) in [5.41, 5.74) is 0. The first kappa shape index (κ1) is 12.4. The zero-order valence-corrected chi connectivity index (χ0v) is 11.7. The molecule has 0 aromatic heterocycles. The van der Waals surface area contributed by atoms with Crippen LogP contribution >= 0.6 is 47.8 Å². The van der Waals surface area contributed by atoms with Gasteiger partial charge in [0.25, 0.3) is 0 Å². The Bertz CT molecular complexity index is 93.3. The highest BCUT2D eigenvalue weighted by molar-refractivity contribution is 9.10. The van der Waals surface area contributed by atoms with Gasteiger partial charge in [0.05, 0.1) is 0 Å². The topological polar surface area (TPSA) is 0 Å². The molecule has 0 bridgehead atoms. The molecule has 0 N–H and O–H groups in total. The smallest absolute Gasteiger partial charge is 0.0179 e. The summed E-state index contributed by atoms with van der Waals surface area (Å²) >= 11 is 10.7. The summed E-state index contributed by atoms with van der Waals surface area (Å²) in [5, 5.41) is 1.09. The second kappa shape index (κ2) is 6.90. The minimum atomic E-state index is 0.632. The second-order valence-electron chi connectivity index (χ2n) is 2.99. The highest BCUT2D eigenvalue weighted by Crippen LogP contribution is 2.23. The summed E-state index contributed by atoms with van der Waals surface area (Å²) in [5.74, 6) is 0.752. The van der Waals surface area contributed by atoms with E-state index in [-0.39, 0.29) is 0 Å². The van der Waals surface area contributed by atoms with Gasteiger partial charge in [0.15, 0.2) is 0 Å². The van der Waals surface area contributed by atoms with Crippen LogP contribution in [-0.2, 0) is 0 Å². The van der Waals surface area contributed by atoms with Gasteiger partial charge >= 0.3 is 0 Å². The minimum Gasteiger partial charge on any atom is -0.0928 e. The number of hydrogen-bond donors (Lipinski definition) is 0. The maximum Gasteiger partial charge on any atom is 0.0179 e. The lowest BCUT2D eigenvalue weighted by atomic mass is 10.0. The number of halogens is 3. The van der Waals surface area contributed by atoms with Gasteiger partial charge in [0.2, 0.25) is 0 Å². The summed E-state index contributed by atoms with van der Waals surface area (Å²) in [7, 11) is 0. The molecule has 0 aliphatic heterocycles. The molecule has 0 aliphatic rings. The van der Waals surface area contributed by atoms with Crippen LogP contribution in [0.3, 0.4) is 0 Å². The molecule has 0 aromatic rings. The van der Waals surface area contributed by atoms with Gasteiger partial charge in [-0.25, -0.2) is 0 Å². The quantitative estimate of drug-likeness (QED) is 0.647. The lowest BCUT2D eigenvalue weighted by Crippen LogP contribution is -2.14. The average Bonchev–Trinajstić information content (AvgIpc) is 1.86.